The molecule has 1 aromatic rings. The van der Waals surface area contributed by atoms with Crippen molar-refractivity contribution >= 4 is 11.5 Å². The Morgan fingerprint density at radius 3 is 2.77 bits per heavy atom. The van der Waals surface area contributed by atoms with E-state index < -0.39 is 0 Å². The van der Waals surface area contributed by atoms with Gasteiger partial charge in [-0.1, -0.05) is 6.07 Å². The zero-order chi connectivity index (χ0) is 9.42. The average Bonchev–Trinajstić information content (AvgIpc) is 2.51. The van der Waals surface area contributed by atoms with E-state index in [0.717, 1.165) is 17.7 Å². The molecule has 0 atom stereocenters. The molecule has 0 saturated heterocycles. The number of rotatable bonds is 1. The number of hydrogen-bond donors (Lipinski definition) is 1. The lowest BCUT2D eigenvalue weighted by molar-refractivity contribution is 0.0995. The molecule has 0 aromatic heterocycles. The molecule has 0 amide bonds. The van der Waals surface area contributed by atoms with Crippen LogP contribution in [0.5, 0.6) is 0 Å². The molecule has 2 nitrogen and oxygen atoms in total. The molecule has 0 saturated carbocycles. The van der Waals surface area contributed by atoms with Crippen LogP contribution in [0, 0.1) is 6.92 Å². The summed E-state index contributed by atoms with van der Waals surface area (Å²) < 4.78 is 0. The Hall–Kier alpha value is -1.31. The fourth-order valence-electron chi connectivity index (χ4n) is 1.96. The van der Waals surface area contributed by atoms with Crippen LogP contribution in [0.3, 0.4) is 0 Å². The van der Waals surface area contributed by atoms with Gasteiger partial charge in [-0.25, -0.2) is 0 Å². The Balaban J connectivity index is 2.66. The van der Waals surface area contributed by atoms with Crippen LogP contribution in [-0.2, 0) is 6.42 Å². The quantitative estimate of drug-likeness (QED) is 0.708. The molecule has 0 fully saturated rings. The van der Waals surface area contributed by atoms with Crippen molar-refractivity contribution in [3.8, 4) is 0 Å². The van der Waals surface area contributed by atoms with E-state index >= 15 is 0 Å². The van der Waals surface area contributed by atoms with Crippen LogP contribution in [0.2, 0.25) is 0 Å². The van der Waals surface area contributed by atoms with Crippen LogP contribution in [0.25, 0.3) is 0 Å². The van der Waals surface area contributed by atoms with E-state index in [1.54, 1.807) is 0 Å². The van der Waals surface area contributed by atoms with Gasteiger partial charge in [0.1, 0.15) is 0 Å². The largest absolute Gasteiger partial charge is 0.388 e. The summed E-state index contributed by atoms with van der Waals surface area (Å²) in [7, 11) is 1.86. The summed E-state index contributed by atoms with van der Waals surface area (Å²) in [6.45, 7) is 2.07. The lowest BCUT2D eigenvalue weighted by Gasteiger charge is -2.08. The maximum Gasteiger partial charge on any atom is 0.165 e. The van der Waals surface area contributed by atoms with Gasteiger partial charge in [-0.2, -0.15) is 0 Å². The number of hydrogen-bond acceptors (Lipinski definition) is 2. The summed E-state index contributed by atoms with van der Waals surface area (Å²) in [5.74, 6) is 0.281. The molecule has 68 valence electrons. The number of aryl methyl sites for hydroxylation is 1. The molecule has 0 aliphatic heterocycles. The van der Waals surface area contributed by atoms with Crippen molar-refractivity contribution in [3.05, 3.63) is 28.8 Å². The molecule has 2 rings (SSSR count). The van der Waals surface area contributed by atoms with Crippen molar-refractivity contribution in [2.24, 2.45) is 0 Å². The first kappa shape index (κ1) is 8.30. The summed E-state index contributed by atoms with van der Waals surface area (Å²) in [5, 5.41) is 3.06. The summed E-state index contributed by atoms with van der Waals surface area (Å²) >= 11 is 0. The lowest BCUT2D eigenvalue weighted by atomic mass is 10.0. The van der Waals surface area contributed by atoms with Crippen LogP contribution in [0.4, 0.5) is 5.69 Å². The van der Waals surface area contributed by atoms with Crippen LogP contribution in [-0.4, -0.2) is 12.8 Å². The molecule has 13 heavy (non-hydrogen) atoms. The third kappa shape index (κ3) is 1.13. The summed E-state index contributed by atoms with van der Waals surface area (Å²) in [4.78, 5) is 11.6. The number of fused-ring (bicyclic) bond motifs is 1. The maximum atomic E-state index is 11.6. The van der Waals surface area contributed by atoms with Crippen molar-refractivity contribution in [2.45, 2.75) is 19.8 Å². The Bertz CT molecular complexity index is 369. The second kappa shape index (κ2) is 2.87. The monoisotopic (exact) mass is 175 g/mol. The molecular weight excluding hydrogens is 162 g/mol. The summed E-state index contributed by atoms with van der Waals surface area (Å²) in [6, 6.07) is 4.06. The van der Waals surface area contributed by atoms with Gasteiger partial charge in [-0.05, 0) is 30.5 Å². The Labute approximate surface area is 78.0 Å². The van der Waals surface area contributed by atoms with Crippen molar-refractivity contribution in [3.63, 3.8) is 0 Å². The van der Waals surface area contributed by atoms with Gasteiger partial charge < -0.3 is 5.32 Å². The number of nitrogens with one attached hydrogen (secondary N) is 1. The highest BCUT2D eigenvalue weighted by Gasteiger charge is 2.23. The van der Waals surface area contributed by atoms with E-state index in [-0.39, 0.29) is 5.78 Å². The predicted molar refractivity (Wildman–Crippen MR) is 53.4 cm³/mol. The van der Waals surface area contributed by atoms with Gasteiger partial charge in [0.05, 0.1) is 0 Å². The number of carbonyl (C=O) groups excluding carboxylic acids is 1. The number of ketones is 1. The molecule has 1 N–H and O–H groups in total. The number of carbonyl (C=O) groups is 1. The topological polar surface area (TPSA) is 29.1 Å². The summed E-state index contributed by atoms with van der Waals surface area (Å²) in [6.07, 6.45) is 1.59. The fraction of sp³-hybridized carbons (Fsp3) is 0.364. The molecule has 0 spiro atoms. The molecule has 1 aliphatic rings. The highest BCUT2D eigenvalue weighted by atomic mass is 16.1. The van der Waals surface area contributed by atoms with E-state index in [9.17, 15) is 4.79 Å². The minimum Gasteiger partial charge on any atom is -0.388 e. The minimum atomic E-state index is 0.281. The SMILES string of the molecule is CNc1ccc(C)c2c1C(=O)CC2. The van der Waals surface area contributed by atoms with Crippen LogP contribution < -0.4 is 5.32 Å². The highest BCUT2D eigenvalue weighted by Crippen LogP contribution is 2.30. The molecule has 2 heteroatoms. The Morgan fingerprint density at radius 2 is 2.08 bits per heavy atom. The maximum absolute atomic E-state index is 11.6. The van der Waals surface area contributed by atoms with Gasteiger partial charge in [0, 0.05) is 24.7 Å². The Morgan fingerprint density at radius 1 is 1.31 bits per heavy atom. The van der Waals surface area contributed by atoms with E-state index in [2.05, 4.69) is 18.3 Å². The van der Waals surface area contributed by atoms with Crippen molar-refractivity contribution in [1.82, 2.24) is 0 Å². The zero-order valence-electron chi connectivity index (χ0n) is 7.98. The first-order valence-corrected chi connectivity index (χ1v) is 4.57. The molecule has 0 heterocycles. The summed E-state index contributed by atoms with van der Waals surface area (Å²) in [5.41, 5.74) is 4.36. The van der Waals surface area contributed by atoms with Gasteiger partial charge in [0.2, 0.25) is 0 Å². The third-order valence-electron chi connectivity index (χ3n) is 2.70. The van der Waals surface area contributed by atoms with E-state index in [0.29, 0.717) is 6.42 Å². The number of Topliss-reactive ketones (excluding diaryl/α,β-unsaturated/α-hetero) is 1. The van der Waals surface area contributed by atoms with Gasteiger partial charge in [-0.15, -0.1) is 0 Å². The van der Waals surface area contributed by atoms with Crippen molar-refractivity contribution < 1.29 is 4.79 Å². The highest BCUT2D eigenvalue weighted by molar-refractivity contribution is 6.05. The zero-order valence-corrected chi connectivity index (χ0v) is 7.98. The fourth-order valence-corrected chi connectivity index (χ4v) is 1.96. The van der Waals surface area contributed by atoms with Gasteiger partial charge in [0.25, 0.3) is 0 Å². The smallest absolute Gasteiger partial charge is 0.165 e. The second-order valence-corrected chi connectivity index (χ2v) is 3.46. The minimum absolute atomic E-state index is 0.281. The van der Waals surface area contributed by atoms with Crippen molar-refractivity contribution in [2.75, 3.05) is 12.4 Å². The molecule has 1 aromatic carbocycles. The van der Waals surface area contributed by atoms with Gasteiger partial charge in [-0.3, -0.25) is 4.79 Å². The Kier molecular flexibility index (Phi) is 1.83. The molecule has 0 radical (unpaired) electrons. The van der Waals surface area contributed by atoms with Crippen molar-refractivity contribution in [1.29, 1.82) is 0 Å². The number of benzene rings is 1. The van der Waals surface area contributed by atoms with E-state index in [1.807, 2.05) is 13.1 Å². The number of anilines is 1. The predicted octanol–water partition coefficient (Wildman–Crippen LogP) is 2.17. The third-order valence-corrected chi connectivity index (χ3v) is 2.70. The normalized spacial score (nSPS) is 14.5. The second-order valence-electron chi connectivity index (χ2n) is 3.46. The lowest BCUT2D eigenvalue weighted by Crippen LogP contribution is -2.00. The van der Waals surface area contributed by atoms with Crippen LogP contribution in [0.15, 0.2) is 12.1 Å². The molecule has 0 unspecified atom stereocenters. The van der Waals surface area contributed by atoms with Crippen LogP contribution in [0.1, 0.15) is 27.9 Å². The molecule has 0 bridgehead atoms. The standard InChI is InChI=1S/C11H13NO/c1-7-3-5-9(12-2)11-8(7)4-6-10(11)13/h3,5,12H,4,6H2,1-2H3. The average molecular weight is 175 g/mol. The molecular formula is C11H13NO. The first-order valence-electron chi connectivity index (χ1n) is 4.57. The van der Waals surface area contributed by atoms with Gasteiger partial charge >= 0.3 is 0 Å². The van der Waals surface area contributed by atoms with E-state index in [1.165, 1.54) is 11.1 Å². The first-order chi connectivity index (χ1) is 6.24. The molecule has 1 aliphatic carbocycles. The van der Waals surface area contributed by atoms with Gasteiger partial charge in [0.15, 0.2) is 5.78 Å². The van der Waals surface area contributed by atoms with Crippen LogP contribution >= 0.6 is 0 Å². The van der Waals surface area contributed by atoms with E-state index in [4.69, 9.17) is 0 Å².